The fraction of sp³-hybridized carbons (Fsp3) is 0.647. The Morgan fingerprint density at radius 1 is 1.19 bits per heavy atom. The van der Waals surface area contributed by atoms with Gasteiger partial charge in [0.05, 0.1) is 6.04 Å². The monoisotopic (exact) mass is 288 g/mol. The Balaban J connectivity index is 1.41. The predicted molar refractivity (Wildman–Crippen MR) is 81.7 cm³/mol. The van der Waals surface area contributed by atoms with Gasteiger partial charge >= 0.3 is 0 Å². The molecule has 0 aromatic heterocycles. The molecule has 2 N–H and O–H groups in total. The summed E-state index contributed by atoms with van der Waals surface area (Å²) in [5, 5.41) is 13.2. The van der Waals surface area contributed by atoms with Gasteiger partial charge in [-0.05, 0) is 63.4 Å². The Bertz CT molecular complexity index is 506. The van der Waals surface area contributed by atoms with E-state index < -0.39 is 0 Å². The zero-order valence-electron chi connectivity index (χ0n) is 12.4. The Hall–Kier alpha value is -1.26. The summed E-state index contributed by atoms with van der Waals surface area (Å²) >= 11 is 0. The largest absolute Gasteiger partial charge is 0.508 e. The molecule has 4 rings (SSSR count). The number of phenols is 1. The van der Waals surface area contributed by atoms with Crippen molar-refractivity contribution in [2.45, 2.75) is 37.8 Å². The molecule has 21 heavy (non-hydrogen) atoms. The van der Waals surface area contributed by atoms with Gasteiger partial charge in [-0.15, -0.1) is 0 Å². The predicted octanol–water partition coefficient (Wildman–Crippen LogP) is 2.29. The van der Waals surface area contributed by atoms with Crippen LogP contribution in [0, 0.1) is 5.92 Å². The molecule has 114 valence electrons. The molecule has 0 aliphatic carbocycles. The van der Waals surface area contributed by atoms with E-state index in [1.807, 2.05) is 6.07 Å². The number of likely N-dealkylation sites (tertiary alicyclic amines) is 1. The molecule has 0 spiro atoms. The van der Waals surface area contributed by atoms with Gasteiger partial charge in [-0.25, -0.2) is 0 Å². The summed E-state index contributed by atoms with van der Waals surface area (Å²) in [4.78, 5) is 2.56. The molecule has 0 amide bonds. The maximum absolute atomic E-state index is 9.55. The third kappa shape index (κ3) is 2.51. The normalized spacial score (nSPS) is 30.3. The molecular formula is C17H24N2O2. The van der Waals surface area contributed by atoms with Crippen molar-refractivity contribution < 1.29 is 9.84 Å². The molecule has 1 aromatic rings. The second-order valence-electron chi connectivity index (χ2n) is 6.63. The van der Waals surface area contributed by atoms with Crippen molar-refractivity contribution in [3.05, 3.63) is 23.8 Å². The summed E-state index contributed by atoms with van der Waals surface area (Å²) in [6.45, 7) is 4.26. The number of ether oxygens (including phenoxy) is 1. The second kappa shape index (κ2) is 5.50. The summed E-state index contributed by atoms with van der Waals surface area (Å²) in [6, 6.07) is 6.67. The van der Waals surface area contributed by atoms with Crippen LogP contribution < -0.4 is 10.1 Å². The van der Waals surface area contributed by atoms with Crippen molar-refractivity contribution in [3.8, 4) is 11.5 Å². The number of hydrogen-bond acceptors (Lipinski definition) is 4. The van der Waals surface area contributed by atoms with E-state index >= 15 is 0 Å². The van der Waals surface area contributed by atoms with Crippen molar-refractivity contribution in [2.24, 2.45) is 5.92 Å². The lowest BCUT2D eigenvalue weighted by molar-refractivity contribution is 0.103. The van der Waals surface area contributed by atoms with Gasteiger partial charge in [-0.1, -0.05) is 0 Å². The SMILES string of the molecule is Oc1ccc2c(c1)OCC2N1CCC(C2CCCN2)CC1. The van der Waals surface area contributed by atoms with Crippen molar-refractivity contribution >= 4 is 0 Å². The molecular weight excluding hydrogens is 264 g/mol. The van der Waals surface area contributed by atoms with E-state index in [-0.39, 0.29) is 0 Å². The van der Waals surface area contributed by atoms with Crippen LogP contribution >= 0.6 is 0 Å². The molecule has 2 fully saturated rings. The van der Waals surface area contributed by atoms with Crippen molar-refractivity contribution in [1.29, 1.82) is 0 Å². The summed E-state index contributed by atoms with van der Waals surface area (Å²) in [6.07, 6.45) is 5.29. The number of rotatable bonds is 2. The Labute approximate surface area is 126 Å². The molecule has 0 saturated carbocycles. The molecule has 2 saturated heterocycles. The van der Waals surface area contributed by atoms with Gasteiger partial charge in [0.25, 0.3) is 0 Å². The number of fused-ring (bicyclic) bond motifs is 1. The number of benzene rings is 1. The zero-order valence-corrected chi connectivity index (χ0v) is 12.4. The van der Waals surface area contributed by atoms with E-state index in [4.69, 9.17) is 4.74 Å². The molecule has 0 radical (unpaired) electrons. The quantitative estimate of drug-likeness (QED) is 0.876. The highest BCUT2D eigenvalue weighted by atomic mass is 16.5. The first-order chi connectivity index (χ1) is 10.3. The first-order valence-electron chi connectivity index (χ1n) is 8.24. The first kappa shape index (κ1) is 13.4. The minimum atomic E-state index is 0.292. The van der Waals surface area contributed by atoms with Crippen molar-refractivity contribution in [2.75, 3.05) is 26.2 Å². The lowest BCUT2D eigenvalue weighted by Gasteiger charge is -2.37. The number of hydrogen-bond donors (Lipinski definition) is 2. The first-order valence-corrected chi connectivity index (χ1v) is 8.24. The smallest absolute Gasteiger partial charge is 0.127 e. The minimum Gasteiger partial charge on any atom is -0.508 e. The topological polar surface area (TPSA) is 44.7 Å². The fourth-order valence-electron chi connectivity index (χ4n) is 4.23. The summed E-state index contributed by atoms with van der Waals surface area (Å²) in [5.41, 5.74) is 1.24. The molecule has 3 aliphatic heterocycles. The van der Waals surface area contributed by atoms with Crippen LogP contribution in [0.1, 0.15) is 37.3 Å². The number of nitrogens with one attached hydrogen (secondary N) is 1. The maximum atomic E-state index is 9.55. The number of phenolic OH excluding ortho intramolecular Hbond substituents is 1. The molecule has 2 unspecified atom stereocenters. The Morgan fingerprint density at radius 3 is 2.81 bits per heavy atom. The van der Waals surface area contributed by atoms with E-state index in [0.717, 1.165) is 37.4 Å². The standard InChI is InChI=1S/C17H24N2O2/c20-13-3-4-14-16(11-21-17(14)10-13)19-8-5-12(6-9-19)15-2-1-7-18-15/h3-4,10,12,15-16,18,20H,1-2,5-9,11H2. The lowest BCUT2D eigenvalue weighted by Crippen LogP contribution is -2.42. The van der Waals surface area contributed by atoms with Gasteiger partial charge in [-0.2, -0.15) is 0 Å². The Morgan fingerprint density at radius 2 is 2.05 bits per heavy atom. The van der Waals surface area contributed by atoms with Crippen LogP contribution in [0.4, 0.5) is 0 Å². The number of aromatic hydroxyl groups is 1. The molecule has 3 heterocycles. The molecule has 4 heteroatoms. The van der Waals surface area contributed by atoms with Crippen LogP contribution in [0.15, 0.2) is 18.2 Å². The molecule has 0 bridgehead atoms. The lowest BCUT2D eigenvalue weighted by atomic mass is 9.87. The third-order valence-electron chi connectivity index (χ3n) is 5.44. The highest BCUT2D eigenvalue weighted by molar-refractivity contribution is 5.44. The van der Waals surface area contributed by atoms with Crippen LogP contribution in [0.3, 0.4) is 0 Å². The number of nitrogens with zero attached hydrogens (tertiary/aromatic N) is 1. The average molecular weight is 288 g/mol. The number of piperidine rings is 1. The van der Waals surface area contributed by atoms with Gasteiger partial charge < -0.3 is 15.2 Å². The van der Waals surface area contributed by atoms with Gasteiger partial charge in [0.2, 0.25) is 0 Å². The minimum absolute atomic E-state index is 0.292. The average Bonchev–Trinajstić information content (AvgIpc) is 3.16. The van der Waals surface area contributed by atoms with Crippen LogP contribution in [-0.2, 0) is 0 Å². The van der Waals surface area contributed by atoms with E-state index in [9.17, 15) is 5.11 Å². The second-order valence-corrected chi connectivity index (χ2v) is 6.63. The Kier molecular flexibility index (Phi) is 3.51. The van der Waals surface area contributed by atoms with Gasteiger partial charge in [0.1, 0.15) is 18.1 Å². The van der Waals surface area contributed by atoms with E-state index in [1.54, 1.807) is 12.1 Å². The zero-order chi connectivity index (χ0) is 14.2. The molecule has 3 aliphatic rings. The summed E-state index contributed by atoms with van der Waals surface area (Å²) in [5.74, 6) is 2.00. The summed E-state index contributed by atoms with van der Waals surface area (Å²) in [7, 11) is 0. The molecule has 2 atom stereocenters. The van der Waals surface area contributed by atoms with Gasteiger partial charge in [0, 0.05) is 17.7 Å². The van der Waals surface area contributed by atoms with Crippen LogP contribution in [-0.4, -0.2) is 42.3 Å². The van der Waals surface area contributed by atoms with Crippen molar-refractivity contribution in [1.82, 2.24) is 10.2 Å². The molecule has 1 aromatic carbocycles. The van der Waals surface area contributed by atoms with Gasteiger partial charge in [0.15, 0.2) is 0 Å². The van der Waals surface area contributed by atoms with E-state index in [1.165, 1.54) is 37.8 Å². The van der Waals surface area contributed by atoms with Crippen molar-refractivity contribution in [3.63, 3.8) is 0 Å². The van der Waals surface area contributed by atoms with Crippen LogP contribution in [0.25, 0.3) is 0 Å². The van der Waals surface area contributed by atoms with E-state index in [0.29, 0.717) is 11.8 Å². The fourth-order valence-corrected chi connectivity index (χ4v) is 4.23. The third-order valence-corrected chi connectivity index (χ3v) is 5.44. The van der Waals surface area contributed by atoms with Crippen LogP contribution in [0.2, 0.25) is 0 Å². The highest BCUT2D eigenvalue weighted by Gasteiger charge is 2.34. The van der Waals surface area contributed by atoms with E-state index in [2.05, 4.69) is 10.2 Å². The highest BCUT2D eigenvalue weighted by Crippen LogP contribution is 2.40. The summed E-state index contributed by atoms with van der Waals surface area (Å²) < 4.78 is 5.76. The maximum Gasteiger partial charge on any atom is 0.127 e. The van der Waals surface area contributed by atoms with Gasteiger partial charge in [-0.3, -0.25) is 4.90 Å². The molecule has 4 nitrogen and oxygen atoms in total. The van der Waals surface area contributed by atoms with Crippen LogP contribution in [0.5, 0.6) is 11.5 Å².